The molecule has 0 N–H and O–H groups in total. The van der Waals surface area contributed by atoms with Gasteiger partial charge in [-0.05, 0) is 19.8 Å². The maximum atomic E-state index is 11.0. The van der Waals surface area contributed by atoms with Crippen LogP contribution in [0.4, 0.5) is 0 Å². The Kier molecular flexibility index (Phi) is 1.45. The summed E-state index contributed by atoms with van der Waals surface area (Å²) in [6.07, 6.45) is 1.82. The fourth-order valence-electron chi connectivity index (χ4n) is 2.77. The average Bonchev–Trinajstić information content (AvgIpc) is 1.80. The molecule has 3 nitrogen and oxygen atoms in total. The zero-order valence-corrected chi connectivity index (χ0v) is 8.28. The minimum atomic E-state index is -2.66. The Hall–Kier alpha value is -0.0900. The molecule has 1 aliphatic heterocycles. The van der Waals surface area contributed by atoms with Crippen molar-refractivity contribution in [1.29, 1.82) is 0 Å². The van der Waals surface area contributed by atoms with Gasteiger partial charge in [0.1, 0.15) is 0 Å². The van der Waals surface area contributed by atoms with E-state index < -0.39 is 9.84 Å². The molecule has 0 aromatic carbocycles. The van der Waals surface area contributed by atoms with Crippen LogP contribution in [0.15, 0.2) is 0 Å². The van der Waals surface area contributed by atoms with Crippen molar-refractivity contribution in [3.05, 3.63) is 0 Å². The van der Waals surface area contributed by atoms with Crippen LogP contribution >= 0.6 is 0 Å². The third kappa shape index (κ3) is 1.09. The van der Waals surface area contributed by atoms with Gasteiger partial charge < -0.3 is 4.74 Å². The normalized spacial score (nSPS) is 33.8. The van der Waals surface area contributed by atoms with E-state index in [1.165, 1.54) is 0 Å². The van der Waals surface area contributed by atoms with Gasteiger partial charge in [0.05, 0.1) is 17.1 Å². The Bertz CT molecular complexity index is 284. The van der Waals surface area contributed by atoms with Crippen molar-refractivity contribution in [2.75, 3.05) is 18.6 Å². The predicted molar refractivity (Wildman–Crippen MR) is 45.7 cm³/mol. The highest BCUT2D eigenvalue weighted by atomic mass is 32.2. The number of sulfone groups is 1. The van der Waals surface area contributed by atoms with Gasteiger partial charge in [-0.3, -0.25) is 0 Å². The van der Waals surface area contributed by atoms with Gasteiger partial charge in [-0.1, -0.05) is 0 Å². The second kappa shape index (κ2) is 2.04. The Morgan fingerprint density at radius 3 is 2.08 bits per heavy atom. The largest absolute Gasteiger partial charge is 0.378 e. The first kappa shape index (κ1) is 8.51. The van der Waals surface area contributed by atoms with E-state index in [0.29, 0.717) is 11.5 Å². The lowest BCUT2D eigenvalue weighted by Crippen LogP contribution is -2.63. The van der Waals surface area contributed by atoms with E-state index in [1.54, 1.807) is 7.11 Å². The highest BCUT2D eigenvalue weighted by Crippen LogP contribution is 2.56. The lowest BCUT2D eigenvalue weighted by molar-refractivity contribution is -0.127. The molecule has 2 rings (SSSR count). The van der Waals surface area contributed by atoms with Crippen LogP contribution in [0.2, 0.25) is 0 Å². The number of methoxy groups -OCH3 is 1. The van der Waals surface area contributed by atoms with E-state index in [-0.39, 0.29) is 11.0 Å². The lowest BCUT2D eigenvalue weighted by atomic mass is 9.61. The lowest BCUT2D eigenvalue weighted by Gasteiger charge is -2.57. The average molecular weight is 190 g/mol. The second-order valence-electron chi connectivity index (χ2n) is 4.54. The van der Waals surface area contributed by atoms with Gasteiger partial charge in [0.15, 0.2) is 9.84 Å². The third-order valence-electron chi connectivity index (χ3n) is 3.04. The number of ether oxygens (including phenoxy) is 1. The van der Waals surface area contributed by atoms with E-state index in [9.17, 15) is 8.42 Å². The predicted octanol–water partition coefficient (Wildman–Crippen LogP) is 0.600. The highest BCUT2D eigenvalue weighted by Gasteiger charge is 2.61. The first-order valence-electron chi connectivity index (χ1n) is 4.14. The molecule has 0 amide bonds. The van der Waals surface area contributed by atoms with E-state index in [0.717, 1.165) is 12.8 Å². The summed E-state index contributed by atoms with van der Waals surface area (Å²) in [6, 6.07) is 0. The van der Waals surface area contributed by atoms with Crippen molar-refractivity contribution in [3.8, 4) is 0 Å². The molecule has 1 aliphatic carbocycles. The summed E-state index contributed by atoms with van der Waals surface area (Å²) >= 11 is 0. The van der Waals surface area contributed by atoms with Crippen LogP contribution in [0, 0.1) is 5.41 Å². The minimum absolute atomic E-state index is 0.0457. The smallest absolute Gasteiger partial charge is 0.151 e. The van der Waals surface area contributed by atoms with Crippen molar-refractivity contribution in [3.63, 3.8) is 0 Å². The van der Waals surface area contributed by atoms with Gasteiger partial charge in [0, 0.05) is 12.5 Å². The van der Waals surface area contributed by atoms with Crippen LogP contribution < -0.4 is 0 Å². The SMILES string of the molecule is COC1(C)CC2(C1)CS(=O)(=O)C2. The fraction of sp³-hybridized carbons (Fsp3) is 1.00. The first-order valence-corrected chi connectivity index (χ1v) is 5.97. The molecule has 2 aliphatic rings. The molecule has 0 aromatic rings. The standard InChI is InChI=1S/C8H14O3S/c1-7(11-2)3-8(4-7)5-12(9,10)6-8/h3-6H2,1-2H3. The molecule has 0 atom stereocenters. The van der Waals surface area contributed by atoms with Crippen LogP contribution in [0.3, 0.4) is 0 Å². The Morgan fingerprint density at radius 2 is 1.75 bits per heavy atom. The van der Waals surface area contributed by atoms with Crippen molar-refractivity contribution in [2.24, 2.45) is 5.41 Å². The van der Waals surface area contributed by atoms with Crippen molar-refractivity contribution < 1.29 is 13.2 Å². The number of rotatable bonds is 1. The molecule has 1 saturated carbocycles. The summed E-state index contributed by atoms with van der Waals surface area (Å²) in [6.45, 7) is 2.04. The van der Waals surface area contributed by atoms with Gasteiger partial charge >= 0.3 is 0 Å². The summed E-state index contributed by atoms with van der Waals surface area (Å²) in [7, 11) is -0.969. The molecule has 1 saturated heterocycles. The van der Waals surface area contributed by atoms with Crippen LogP contribution in [-0.2, 0) is 14.6 Å². The quantitative estimate of drug-likeness (QED) is 0.608. The minimum Gasteiger partial charge on any atom is -0.378 e. The zero-order valence-electron chi connectivity index (χ0n) is 7.46. The molecule has 4 heteroatoms. The maximum Gasteiger partial charge on any atom is 0.151 e. The molecule has 1 heterocycles. The van der Waals surface area contributed by atoms with E-state index in [1.807, 2.05) is 6.92 Å². The van der Waals surface area contributed by atoms with Gasteiger partial charge in [0.25, 0.3) is 0 Å². The van der Waals surface area contributed by atoms with E-state index >= 15 is 0 Å². The molecule has 0 radical (unpaired) electrons. The van der Waals surface area contributed by atoms with Crippen molar-refractivity contribution in [1.82, 2.24) is 0 Å². The van der Waals surface area contributed by atoms with Crippen LogP contribution in [0.1, 0.15) is 19.8 Å². The molecule has 0 aromatic heterocycles. The summed E-state index contributed by atoms with van der Waals surface area (Å²) < 4.78 is 27.2. The molecule has 70 valence electrons. The van der Waals surface area contributed by atoms with Crippen LogP contribution in [0.5, 0.6) is 0 Å². The Balaban J connectivity index is 1.99. The maximum absolute atomic E-state index is 11.0. The fourth-order valence-corrected chi connectivity index (χ4v) is 4.96. The summed E-state index contributed by atoms with van der Waals surface area (Å²) in [5.74, 6) is 0.776. The molecule has 0 unspecified atom stereocenters. The van der Waals surface area contributed by atoms with Gasteiger partial charge in [-0.25, -0.2) is 8.42 Å². The van der Waals surface area contributed by atoms with Gasteiger partial charge in [0.2, 0.25) is 0 Å². The first-order chi connectivity index (χ1) is 5.39. The molecule has 2 fully saturated rings. The number of hydrogen-bond donors (Lipinski definition) is 0. The zero-order chi connectivity index (χ0) is 9.04. The van der Waals surface area contributed by atoms with Crippen LogP contribution in [0.25, 0.3) is 0 Å². The Morgan fingerprint density at radius 1 is 1.25 bits per heavy atom. The molecule has 1 spiro atoms. The monoisotopic (exact) mass is 190 g/mol. The highest BCUT2D eigenvalue weighted by molar-refractivity contribution is 7.92. The number of hydrogen-bond acceptors (Lipinski definition) is 3. The molecule has 0 bridgehead atoms. The molecule has 12 heavy (non-hydrogen) atoms. The van der Waals surface area contributed by atoms with E-state index in [2.05, 4.69) is 0 Å². The van der Waals surface area contributed by atoms with Gasteiger partial charge in [-0.15, -0.1) is 0 Å². The summed E-state index contributed by atoms with van der Waals surface area (Å²) in [5, 5.41) is 0. The van der Waals surface area contributed by atoms with Crippen molar-refractivity contribution in [2.45, 2.75) is 25.4 Å². The third-order valence-corrected chi connectivity index (χ3v) is 5.15. The topological polar surface area (TPSA) is 43.4 Å². The summed E-state index contributed by atoms with van der Waals surface area (Å²) in [5.41, 5.74) is 0.0551. The van der Waals surface area contributed by atoms with Crippen LogP contribution in [-0.4, -0.2) is 32.6 Å². The second-order valence-corrected chi connectivity index (χ2v) is 6.60. The molecular formula is C8H14O3S. The molecular weight excluding hydrogens is 176 g/mol. The van der Waals surface area contributed by atoms with Crippen molar-refractivity contribution >= 4 is 9.84 Å². The van der Waals surface area contributed by atoms with E-state index in [4.69, 9.17) is 4.74 Å². The van der Waals surface area contributed by atoms with Gasteiger partial charge in [-0.2, -0.15) is 0 Å². The Labute approximate surface area is 73.0 Å². The summed E-state index contributed by atoms with van der Waals surface area (Å²) in [4.78, 5) is 0.